The smallest absolute Gasteiger partial charge is 0.314 e. The van der Waals surface area contributed by atoms with Crippen LogP contribution in [0.4, 0.5) is 17.1 Å². The summed E-state index contributed by atoms with van der Waals surface area (Å²) in [6, 6.07) is 14.4. The van der Waals surface area contributed by atoms with Gasteiger partial charge in [-0.2, -0.15) is 0 Å². The molecule has 0 saturated heterocycles. The van der Waals surface area contributed by atoms with Crippen molar-refractivity contribution in [3.05, 3.63) is 53.0 Å². The molecule has 0 aliphatic carbocycles. The van der Waals surface area contributed by atoms with Gasteiger partial charge >= 0.3 is 11.8 Å². The minimum absolute atomic E-state index is 0.565. The Morgan fingerprint density at radius 2 is 1.25 bits per heavy atom. The second-order valence-corrected chi connectivity index (χ2v) is 6.05. The first-order valence-electron chi connectivity index (χ1n) is 7.76. The molecule has 0 spiro atoms. The second-order valence-electron chi connectivity index (χ2n) is 5.13. The van der Waals surface area contributed by atoms with Crippen LogP contribution in [0.5, 0.6) is 0 Å². The quantitative estimate of drug-likeness (QED) is 0.762. The van der Waals surface area contributed by atoms with Gasteiger partial charge in [-0.25, -0.2) is 0 Å². The molecule has 0 atom stereocenters. The molecule has 0 radical (unpaired) electrons. The molecule has 0 unspecified atom stereocenters. The van der Waals surface area contributed by atoms with Crippen molar-refractivity contribution in [2.45, 2.75) is 13.8 Å². The van der Waals surface area contributed by atoms with Gasteiger partial charge in [-0.15, -0.1) is 0 Å². The minimum Gasteiger partial charge on any atom is -0.372 e. The van der Waals surface area contributed by atoms with E-state index in [2.05, 4.69) is 45.3 Å². The van der Waals surface area contributed by atoms with Gasteiger partial charge in [0.2, 0.25) is 0 Å². The van der Waals surface area contributed by atoms with Gasteiger partial charge in [-0.05, 0) is 62.4 Å². The summed E-state index contributed by atoms with van der Waals surface area (Å²) in [5.41, 5.74) is 2.23. The number of rotatable bonds is 5. The summed E-state index contributed by atoms with van der Waals surface area (Å²) in [5, 5.41) is 5.15. The van der Waals surface area contributed by atoms with Crippen molar-refractivity contribution in [2.24, 2.45) is 0 Å². The van der Waals surface area contributed by atoms with Crippen molar-refractivity contribution in [1.82, 2.24) is 0 Å². The Morgan fingerprint density at radius 1 is 0.833 bits per heavy atom. The molecule has 2 aromatic carbocycles. The fourth-order valence-corrected chi connectivity index (χ4v) is 2.52. The van der Waals surface area contributed by atoms with E-state index < -0.39 is 11.8 Å². The number of amides is 2. The van der Waals surface area contributed by atoms with Gasteiger partial charge in [0, 0.05) is 34.6 Å². The van der Waals surface area contributed by atoms with Gasteiger partial charge in [-0.1, -0.05) is 15.9 Å². The predicted octanol–water partition coefficient (Wildman–Crippen LogP) is 3.87. The van der Waals surface area contributed by atoms with Crippen molar-refractivity contribution in [3.63, 3.8) is 0 Å². The van der Waals surface area contributed by atoms with Crippen LogP contribution in [0.25, 0.3) is 0 Å². The van der Waals surface area contributed by atoms with Crippen LogP contribution >= 0.6 is 15.9 Å². The number of anilines is 3. The summed E-state index contributed by atoms with van der Waals surface area (Å²) in [4.78, 5) is 26.1. The summed E-state index contributed by atoms with van der Waals surface area (Å²) in [6.07, 6.45) is 0. The molecule has 0 saturated carbocycles. The Morgan fingerprint density at radius 3 is 1.67 bits per heavy atom. The maximum atomic E-state index is 12.0. The van der Waals surface area contributed by atoms with Gasteiger partial charge in [-0.3, -0.25) is 9.59 Å². The number of nitrogens with zero attached hydrogens (tertiary/aromatic N) is 1. The molecular formula is C18H20BrN3O2. The highest BCUT2D eigenvalue weighted by atomic mass is 79.9. The number of carbonyl (C=O) groups is 2. The lowest BCUT2D eigenvalue weighted by Gasteiger charge is -2.21. The van der Waals surface area contributed by atoms with E-state index in [-0.39, 0.29) is 0 Å². The number of nitrogens with one attached hydrogen (secondary N) is 2. The van der Waals surface area contributed by atoms with Crippen LogP contribution in [-0.2, 0) is 9.59 Å². The van der Waals surface area contributed by atoms with Gasteiger partial charge in [0.15, 0.2) is 0 Å². The Kier molecular flexibility index (Phi) is 6.37. The molecule has 0 aliphatic heterocycles. The molecule has 24 heavy (non-hydrogen) atoms. The monoisotopic (exact) mass is 389 g/mol. The zero-order valence-corrected chi connectivity index (χ0v) is 15.3. The molecule has 0 bridgehead atoms. The van der Waals surface area contributed by atoms with E-state index >= 15 is 0 Å². The van der Waals surface area contributed by atoms with Crippen LogP contribution in [0.3, 0.4) is 0 Å². The SMILES string of the molecule is CCN(CC)c1ccc(NC(=O)C(=O)Nc2ccc(Br)cc2)cc1. The first-order chi connectivity index (χ1) is 11.5. The fourth-order valence-electron chi connectivity index (χ4n) is 2.25. The maximum absolute atomic E-state index is 12.0. The Hall–Kier alpha value is -2.34. The van der Waals surface area contributed by atoms with Gasteiger partial charge in [0.05, 0.1) is 0 Å². The summed E-state index contributed by atoms with van der Waals surface area (Å²) >= 11 is 3.32. The molecule has 2 aromatic rings. The topological polar surface area (TPSA) is 61.4 Å². The maximum Gasteiger partial charge on any atom is 0.314 e. The lowest BCUT2D eigenvalue weighted by atomic mass is 10.2. The molecule has 2 rings (SSSR count). The molecule has 2 amide bonds. The molecule has 0 fully saturated rings. The zero-order chi connectivity index (χ0) is 17.5. The van der Waals surface area contributed by atoms with Crippen LogP contribution in [0, 0.1) is 0 Å². The Bertz CT molecular complexity index is 695. The molecule has 0 aliphatic rings. The third kappa shape index (κ3) is 4.83. The molecule has 2 N–H and O–H groups in total. The average Bonchev–Trinajstić information content (AvgIpc) is 2.59. The summed E-state index contributed by atoms with van der Waals surface area (Å²) in [6.45, 7) is 6.01. The van der Waals surface area contributed by atoms with E-state index in [9.17, 15) is 9.59 Å². The first-order valence-corrected chi connectivity index (χ1v) is 8.55. The number of hydrogen-bond donors (Lipinski definition) is 2. The van der Waals surface area contributed by atoms with Crippen LogP contribution in [0.1, 0.15) is 13.8 Å². The minimum atomic E-state index is -0.704. The number of benzene rings is 2. The van der Waals surface area contributed by atoms with Gasteiger partial charge in [0.25, 0.3) is 0 Å². The van der Waals surface area contributed by atoms with Crippen molar-refractivity contribution in [2.75, 3.05) is 28.6 Å². The van der Waals surface area contributed by atoms with E-state index in [1.165, 1.54) is 0 Å². The molecule has 0 aromatic heterocycles. The van der Waals surface area contributed by atoms with Crippen molar-refractivity contribution in [3.8, 4) is 0 Å². The number of hydrogen-bond acceptors (Lipinski definition) is 3. The standard InChI is InChI=1S/C18H20BrN3O2/c1-3-22(4-2)16-11-9-15(10-12-16)21-18(24)17(23)20-14-7-5-13(19)6-8-14/h5-12H,3-4H2,1-2H3,(H,20,23)(H,21,24). The van der Waals surface area contributed by atoms with Crippen molar-refractivity contribution < 1.29 is 9.59 Å². The van der Waals surface area contributed by atoms with E-state index in [1.54, 1.807) is 36.4 Å². The lowest BCUT2D eigenvalue weighted by Crippen LogP contribution is -2.29. The second kappa shape index (κ2) is 8.49. The summed E-state index contributed by atoms with van der Waals surface area (Å²) < 4.78 is 0.901. The van der Waals surface area contributed by atoms with Crippen molar-refractivity contribution in [1.29, 1.82) is 0 Å². The van der Waals surface area contributed by atoms with Crippen LogP contribution < -0.4 is 15.5 Å². The zero-order valence-electron chi connectivity index (χ0n) is 13.7. The molecule has 0 heterocycles. The van der Waals surface area contributed by atoms with Crippen LogP contribution in [-0.4, -0.2) is 24.9 Å². The molecule has 126 valence electrons. The van der Waals surface area contributed by atoms with Crippen molar-refractivity contribution >= 4 is 44.8 Å². The normalized spacial score (nSPS) is 10.1. The van der Waals surface area contributed by atoms with Gasteiger partial charge < -0.3 is 15.5 Å². The average molecular weight is 390 g/mol. The predicted molar refractivity (Wildman–Crippen MR) is 101 cm³/mol. The van der Waals surface area contributed by atoms with E-state index in [4.69, 9.17) is 0 Å². The highest BCUT2D eigenvalue weighted by Gasteiger charge is 2.14. The van der Waals surface area contributed by atoms with E-state index in [1.807, 2.05) is 12.1 Å². The third-order valence-corrected chi connectivity index (χ3v) is 4.09. The first kappa shape index (κ1) is 18.0. The number of carbonyl (C=O) groups excluding carboxylic acids is 2. The van der Waals surface area contributed by atoms with Crippen LogP contribution in [0.2, 0.25) is 0 Å². The summed E-state index contributed by atoms with van der Waals surface area (Å²) in [5.74, 6) is -1.40. The highest BCUT2D eigenvalue weighted by molar-refractivity contribution is 9.10. The summed E-state index contributed by atoms with van der Waals surface area (Å²) in [7, 11) is 0. The largest absolute Gasteiger partial charge is 0.372 e. The molecule has 6 heteroatoms. The molecular weight excluding hydrogens is 370 g/mol. The van der Waals surface area contributed by atoms with E-state index in [0.29, 0.717) is 11.4 Å². The van der Waals surface area contributed by atoms with E-state index in [0.717, 1.165) is 23.2 Å². The Balaban J connectivity index is 1.96. The van der Waals surface area contributed by atoms with Gasteiger partial charge in [0.1, 0.15) is 0 Å². The Labute approximate surface area is 150 Å². The highest BCUT2D eigenvalue weighted by Crippen LogP contribution is 2.18. The van der Waals surface area contributed by atoms with Crippen LogP contribution in [0.15, 0.2) is 53.0 Å². The number of halogens is 1. The molecule has 5 nitrogen and oxygen atoms in total. The fraction of sp³-hybridized carbons (Fsp3) is 0.222. The third-order valence-electron chi connectivity index (χ3n) is 3.56. The lowest BCUT2D eigenvalue weighted by molar-refractivity contribution is -0.132.